The van der Waals surface area contributed by atoms with Gasteiger partial charge >= 0.3 is 6.03 Å². The lowest BCUT2D eigenvalue weighted by Gasteiger charge is -2.07. The maximum atomic E-state index is 11.3. The summed E-state index contributed by atoms with van der Waals surface area (Å²) in [6, 6.07) is 7.63. The first-order chi connectivity index (χ1) is 8.76. The largest absolute Gasteiger partial charge is 0.497 e. The van der Waals surface area contributed by atoms with E-state index in [1.54, 1.807) is 14.2 Å². The minimum absolute atomic E-state index is 0.166. The molecule has 5 heteroatoms. The van der Waals surface area contributed by atoms with Crippen LogP contribution < -0.4 is 15.4 Å². The molecular weight excluding hydrogens is 232 g/mol. The van der Waals surface area contributed by atoms with Gasteiger partial charge in [-0.05, 0) is 24.1 Å². The molecule has 0 radical (unpaired) electrons. The summed E-state index contributed by atoms with van der Waals surface area (Å²) >= 11 is 0. The number of hydrogen-bond donors (Lipinski definition) is 2. The number of urea groups is 1. The van der Waals surface area contributed by atoms with Crippen LogP contribution in [0.25, 0.3) is 0 Å². The van der Waals surface area contributed by atoms with Gasteiger partial charge in [-0.2, -0.15) is 0 Å². The monoisotopic (exact) mass is 252 g/mol. The van der Waals surface area contributed by atoms with Gasteiger partial charge in [-0.3, -0.25) is 0 Å². The zero-order valence-corrected chi connectivity index (χ0v) is 10.9. The van der Waals surface area contributed by atoms with Gasteiger partial charge in [-0.1, -0.05) is 12.1 Å². The van der Waals surface area contributed by atoms with Crippen molar-refractivity contribution < 1.29 is 14.3 Å². The van der Waals surface area contributed by atoms with Crippen LogP contribution in [-0.4, -0.2) is 39.9 Å². The Kier molecular flexibility index (Phi) is 6.64. The Labute approximate surface area is 107 Å². The van der Waals surface area contributed by atoms with Crippen molar-refractivity contribution in [1.82, 2.24) is 10.6 Å². The number of methoxy groups -OCH3 is 2. The Hall–Kier alpha value is -1.75. The molecule has 2 N–H and O–H groups in total. The first-order valence-corrected chi connectivity index (χ1v) is 5.90. The van der Waals surface area contributed by atoms with Crippen molar-refractivity contribution in [1.29, 1.82) is 0 Å². The van der Waals surface area contributed by atoms with Crippen molar-refractivity contribution in [3.05, 3.63) is 29.8 Å². The van der Waals surface area contributed by atoms with E-state index >= 15 is 0 Å². The quantitative estimate of drug-likeness (QED) is 0.716. The van der Waals surface area contributed by atoms with E-state index in [2.05, 4.69) is 10.6 Å². The predicted molar refractivity (Wildman–Crippen MR) is 70.0 cm³/mol. The molecule has 2 amide bonds. The van der Waals surface area contributed by atoms with Crippen LogP contribution in [0.15, 0.2) is 24.3 Å². The number of carbonyl (C=O) groups is 1. The highest BCUT2D eigenvalue weighted by Gasteiger charge is 1.99. The summed E-state index contributed by atoms with van der Waals surface area (Å²) in [6.07, 6.45) is 0.793. The molecule has 0 saturated carbocycles. The summed E-state index contributed by atoms with van der Waals surface area (Å²) in [5, 5.41) is 5.47. The number of amides is 2. The molecule has 0 saturated heterocycles. The molecule has 0 aliphatic carbocycles. The second kappa shape index (κ2) is 8.36. The topological polar surface area (TPSA) is 59.6 Å². The number of nitrogens with one attached hydrogen (secondary N) is 2. The molecule has 0 heterocycles. The molecule has 5 nitrogen and oxygen atoms in total. The molecule has 0 aromatic heterocycles. The van der Waals surface area contributed by atoms with Gasteiger partial charge in [0.25, 0.3) is 0 Å². The predicted octanol–water partition coefficient (Wildman–Crippen LogP) is 1.18. The average Bonchev–Trinajstić information content (AvgIpc) is 2.40. The summed E-state index contributed by atoms with van der Waals surface area (Å²) in [5.74, 6) is 0.837. The lowest BCUT2D eigenvalue weighted by molar-refractivity contribution is 0.196. The van der Waals surface area contributed by atoms with Crippen molar-refractivity contribution in [2.45, 2.75) is 6.42 Å². The molecule has 1 aromatic rings. The van der Waals surface area contributed by atoms with E-state index in [1.165, 1.54) is 0 Å². The van der Waals surface area contributed by atoms with Crippen molar-refractivity contribution >= 4 is 6.03 Å². The molecular formula is C13H20N2O3. The van der Waals surface area contributed by atoms with Crippen molar-refractivity contribution in [3.8, 4) is 5.75 Å². The molecule has 1 rings (SSSR count). The maximum Gasteiger partial charge on any atom is 0.314 e. The molecule has 100 valence electrons. The first-order valence-electron chi connectivity index (χ1n) is 5.90. The van der Waals surface area contributed by atoms with E-state index in [1.807, 2.05) is 24.3 Å². The Morgan fingerprint density at radius 1 is 1.11 bits per heavy atom. The molecule has 0 atom stereocenters. The number of carbonyl (C=O) groups excluding carboxylic acids is 1. The van der Waals surface area contributed by atoms with Gasteiger partial charge in [0.1, 0.15) is 5.75 Å². The van der Waals surface area contributed by atoms with Crippen LogP contribution in [-0.2, 0) is 11.2 Å². The Balaban J connectivity index is 2.18. The number of hydrogen-bond acceptors (Lipinski definition) is 3. The summed E-state index contributed by atoms with van der Waals surface area (Å²) in [7, 11) is 3.24. The molecule has 0 bridgehead atoms. The molecule has 0 aliphatic rings. The molecule has 1 aromatic carbocycles. The van der Waals surface area contributed by atoms with E-state index in [-0.39, 0.29) is 6.03 Å². The third kappa shape index (κ3) is 5.54. The summed E-state index contributed by atoms with van der Waals surface area (Å²) < 4.78 is 9.91. The van der Waals surface area contributed by atoms with E-state index in [4.69, 9.17) is 9.47 Å². The Morgan fingerprint density at radius 3 is 2.39 bits per heavy atom. The second-order valence-corrected chi connectivity index (χ2v) is 3.77. The van der Waals surface area contributed by atoms with Gasteiger partial charge < -0.3 is 20.1 Å². The van der Waals surface area contributed by atoms with Crippen LogP contribution in [0.5, 0.6) is 5.75 Å². The normalized spacial score (nSPS) is 9.89. The van der Waals surface area contributed by atoms with Crippen LogP contribution in [0.2, 0.25) is 0 Å². The fraction of sp³-hybridized carbons (Fsp3) is 0.462. The van der Waals surface area contributed by atoms with E-state index < -0.39 is 0 Å². The summed E-state index contributed by atoms with van der Waals surface area (Å²) in [6.45, 7) is 1.64. The summed E-state index contributed by atoms with van der Waals surface area (Å²) in [4.78, 5) is 11.3. The van der Waals surface area contributed by atoms with Crippen molar-refractivity contribution in [3.63, 3.8) is 0 Å². The third-order valence-electron chi connectivity index (χ3n) is 2.45. The maximum absolute atomic E-state index is 11.3. The molecule has 0 spiro atoms. The second-order valence-electron chi connectivity index (χ2n) is 3.77. The van der Waals surface area contributed by atoms with Gasteiger partial charge in [-0.25, -0.2) is 4.79 Å². The van der Waals surface area contributed by atoms with Crippen molar-refractivity contribution in [2.75, 3.05) is 33.9 Å². The number of ether oxygens (including phenoxy) is 2. The molecule has 18 heavy (non-hydrogen) atoms. The zero-order chi connectivity index (χ0) is 13.2. The van der Waals surface area contributed by atoms with Gasteiger partial charge in [0.15, 0.2) is 0 Å². The van der Waals surface area contributed by atoms with Gasteiger partial charge in [-0.15, -0.1) is 0 Å². The lowest BCUT2D eigenvalue weighted by atomic mass is 10.1. The molecule has 0 fully saturated rings. The minimum Gasteiger partial charge on any atom is -0.497 e. The smallest absolute Gasteiger partial charge is 0.314 e. The van der Waals surface area contributed by atoms with Crippen LogP contribution in [0.3, 0.4) is 0 Å². The number of benzene rings is 1. The third-order valence-corrected chi connectivity index (χ3v) is 2.45. The van der Waals surface area contributed by atoms with Gasteiger partial charge in [0, 0.05) is 20.2 Å². The van der Waals surface area contributed by atoms with Crippen LogP contribution >= 0.6 is 0 Å². The van der Waals surface area contributed by atoms with Gasteiger partial charge in [0.2, 0.25) is 0 Å². The van der Waals surface area contributed by atoms with Crippen LogP contribution in [0, 0.1) is 0 Å². The molecule has 0 unspecified atom stereocenters. The minimum atomic E-state index is -0.166. The van der Waals surface area contributed by atoms with Gasteiger partial charge in [0.05, 0.1) is 13.7 Å². The fourth-order valence-electron chi connectivity index (χ4n) is 1.44. The van der Waals surface area contributed by atoms with Crippen LogP contribution in [0.1, 0.15) is 5.56 Å². The molecule has 0 aliphatic heterocycles. The first kappa shape index (κ1) is 14.3. The van der Waals surface area contributed by atoms with E-state index in [0.29, 0.717) is 19.7 Å². The highest BCUT2D eigenvalue weighted by molar-refractivity contribution is 5.73. The fourth-order valence-corrected chi connectivity index (χ4v) is 1.44. The van der Waals surface area contributed by atoms with Crippen LogP contribution in [0.4, 0.5) is 4.79 Å². The van der Waals surface area contributed by atoms with Crippen molar-refractivity contribution in [2.24, 2.45) is 0 Å². The average molecular weight is 252 g/mol. The standard InChI is InChI=1S/C13H20N2O3/c1-17-10-9-15-13(16)14-8-7-11-3-5-12(18-2)6-4-11/h3-6H,7-10H2,1-2H3,(H2,14,15,16). The zero-order valence-electron chi connectivity index (χ0n) is 10.9. The summed E-state index contributed by atoms with van der Waals surface area (Å²) in [5.41, 5.74) is 1.16. The SMILES string of the molecule is COCCNC(=O)NCCc1ccc(OC)cc1. The highest BCUT2D eigenvalue weighted by Crippen LogP contribution is 2.11. The van der Waals surface area contributed by atoms with E-state index in [0.717, 1.165) is 17.7 Å². The Morgan fingerprint density at radius 2 is 1.78 bits per heavy atom. The Bertz CT molecular complexity index is 352. The highest BCUT2D eigenvalue weighted by atomic mass is 16.5. The van der Waals surface area contributed by atoms with E-state index in [9.17, 15) is 4.79 Å². The lowest BCUT2D eigenvalue weighted by Crippen LogP contribution is -2.38. The number of rotatable bonds is 7.